The van der Waals surface area contributed by atoms with Crippen molar-refractivity contribution in [2.24, 2.45) is 9.98 Å². The third-order valence-electron chi connectivity index (χ3n) is 1.97. The molecule has 16 heavy (non-hydrogen) atoms. The summed E-state index contributed by atoms with van der Waals surface area (Å²) < 4.78 is 0. The van der Waals surface area contributed by atoms with Gasteiger partial charge in [-0.1, -0.05) is 13.8 Å². The fourth-order valence-corrected chi connectivity index (χ4v) is 1.70. The number of rotatable bonds is 5. The molecule has 0 aromatic heterocycles. The molecule has 0 atom stereocenters. The molecule has 0 aliphatic carbocycles. The minimum Gasteiger partial charge on any atom is -0.306 e. The van der Waals surface area contributed by atoms with E-state index in [-0.39, 0.29) is 0 Å². The Labute approximate surface area is 101 Å². The van der Waals surface area contributed by atoms with Gasteiger partial charge in [0.1, 0.15) is 0 Å². The van der Waals surface area contributed by atoms with Gasteiger partial charge in [0.2, 0.25) is 17.2 Å². The number of nitrogens with zero attached hydrogens (tertiary/aromatic N) is 2. The average Bonchev–Trinajstić information content (AvgIpc) is 2.17. The zero-order valence-electron chi connectivity index (χ0n) is 9.89. The molecule has 0 bridgehead atoms. The highest BCUT2D eigenvalue weighted by Crippen LogP contribution is 2.04. The summed E-state index contributed by atoms with van der Waals surface area (Å²) in [7, 11) is 0. The standard InChI is InChI=1S/C9H19ClN6/c1-4-11-8-14-7(10)15-9(16-8,12-5-2)13-6-3/h12-13H,4-6H2,1-3H3,(H2,11,14,15,16). The minimum absolute atomic E-state index is 0.313. The van der Waals surface area contributed by atoms with Gasteiger partial charge in [0, 0.05) is 6.54 Å². The van der Waals surface area contributed by atoms with Gasteiger partial charge >= 0.3 is 0 Å². The van der Waals surface area contributed by atoms with Crippen LogP contribution >= 0.6 is 11.6 Å². The third-order valence-corrected chi connectivity index (χ3v) is 2.15. The summed E-state index contributed by atoms with van der Waals surface area (Å²) in [5.74, 6) is -0.149. The highest BCUT2D eigenvalue weighted by molar-refractivity contribution is 6.66. The smallest absolute Gasteiger partial charge is 0.249 e. The van der Waals surface area contributed by atoms with Crippen LogP contribution in [0.5, 0.6) is 0 Å². The summed E-state index contributed by atoms with van der Waals surface area (Å²) in [6.07, 6.45) is 0. The second-order valence-electron chi connectivity index (χ2n) is 3.25. The van der Waals surface area contributed by atoms with Crippen LogP contribution in [0, 0.1) is 0 Å². The van der Waals surface area contributed by atoms with Gasteiger partial charge in [-0.05, 0) is 31.6 Å². The number of nitrogens with one attached hydrogen (secondary N) is 4. The van der Waals surface area contributed by atoms with Crippen molar-refractivity contribution in [1.29, 1.82) is 0 Å². The maximum absolute atomic E-state index is 5.94. The van der Waals surface area contributed by atoms with Crippen molar-refractivity contribution in [3.05, 3.63) is 0 Å². The summed E-state index contributed by atoms with van der Waals surface area (Å²) in [4.78, 5) is 8.53. The van der Waals surface area contributed by atoms with Crippen LogP contribution in [0.15, 0.2) is 9.98 Å². The molecule has 0 spiro atoms. The van der Waals surface area contributed by atoms with Gasteiger partial charge in [0.05, 0.1) is 0 Å². The Morgan fingerprint density at radius 2 is 1.94 bits per heavy atom. The van der Waals surface area contributed by atoms with Gasteiger partial charge < -0.3 is 10.6 Å². The van der Waals surface area contributed by atoms with Crippen molar-refractivity contribution in [3.63, 3.8) is 0 Å². The van der Waals surface area contributed by atoms with E-state index in [1.807, 2.05) is 20.8 Å². The monoisotopic (exact) mass is 246 g/mol. The van der Waals surface area contributed by atoms with Crippen LogP contribution in [0.1, 0.15) is 20.8 Å². The number of halogens is 1. The number of hydrogen-bond donors (Lipinski definition) is 4. The van der Waals surface area contributed by atoms with E-state index in [2.05, 4.69) is 31.3 Å². The quantitative estimate of drug-likeness (QED) is 0.407. The molecule has 6 nitrogen and oxygen atoms in total. The van der Waals surface area contributed by atoms with Crippen LogP contribution in [0.4, 0.5) is 0 Å². The average molecular weight is 247 g/mol. The van der Waals surface area contributed by atoms with Crippen LogP contribution in [-0.4, -0.2) is 36.8 Å². The van der Waals surface area contributed by atoms with Crippen molar-refractivity contribution in [3.8, 4) is 0 Å². The largest absolute Gasteiger partial charge is 0.306 e. The third kappa shape index (κ3) is 3.33. The summed E-state index contributed by atoms with van der Waals surface area (Å²) >= 11 is 5.94. The molecule has 4 N–H and O–H groups in total. The number of guanidine groups is 1. The normalized spacial score (nSPS) is 21.2. The summed E-state index contributed by atoms with van der Waals surface area (Å²) in [5, 5.41) is 12.7. The Morgan fingerprint density at radius 1 is 1.31 bits per heavy atom. The molecule has 0 amide bonds. The lowest BCUT2D eigenvalue weighted by molar-refractivity contribution is 0.247. The first kappa shape index (κ1) is 13.2. The number of aliphatic imine (C=N–C) groups is 2. The van der Waals surface area contributed by atoms with Gasteiger partial charge in [0.15, 0.2) is 0 Å². The molecule has 1 rings (SSSR count). The molecule has 1 aliphatic heterocycles. The zero-order chi connectivity index (χ0) is 12.0. The van der Waals surface area contributed by atoms with Crippen LogP contribution in [0.25, 0.3) is 0 Å². The molecule has 0 unspecified atom stereocenters. The zero-order valence-corrected chi connectivity index (χ0v) is 10.6. The molecule has 0 aromatic carbocycles. The summed E-state index contributed by atoms with van der Waals surface area (Å²) in [6, 6.07) is 0. The second-order valence-corrected chi connectivity index (χ2v) is 3.60. The molecular formula is C9H19ClN6. The van der Waals surface area contributed by atoms with E-state index < -0.39 is 5.91 Å². The van der Waals surface area contributed by atoms with Gasteiger partial charge in [-0.15, -0.1) is 0 Å². The lowest BCUT2D eigenvalue weighted by atomic mass is 10.5. The van der Waals surface area contributed by atoms with Gasteiger partial charge in [-0.3, -0.25) is 15.6 Å². The molecule has 0 saturated heterocycles. The molecule has 0 saturated carbocycles. The van der Waals surface area contributed by atoms with E-state index in [0.717, 1.165) is 13.1 Å². The second kappa shape index (κ2) is 6.03. The Balaban J connectivity index is 2.90. The SMILES string of the molecule is CCN=C1NC(Cl)=NC(NCC)(NCC)N1. The highest BCUT2D eigenvalue weighted by atomic mass is 35.5. The first-order chi connectivity index (χ1) is 7.65. The Hall–Kier alpha value is -0.850. The fourth-order valence-electron chi connectivity index (χ4n) is 1.48. The lowest BCUT2D eigenvalue weighted by Crippen LogP contribution is -2.71. The first-order valence-electron chi connectivity index (χ1n) is 5.50. The highest BCUT2D eigenvalue weighted by Gasteiger charge is 2.32. The first-order valence-corrected chi connectivity index (χ1v) is 5.88. The molecule has 0 aromatic rings. The molecule has 0 fully saturated rings. The summed E-state index contributed by atoms with van der Waals surface area (Å²) in [6.45, 7) is 8.15. The lowest BCUT2D eigenvalue weighted by Gasteiger charge is -2.36. The minimum atomic E-state index is -0.764. The molecule has 7 heteroatoms. The van der Waals surface area contributed by atoms with E-state index in [9.17, 15) is 0 Å². The van der Waals surface area contributed by atoms with Crippen LogP contribution in [0.3, 0.4) is 0 Å². The molecule has 1 heterocycles. The number of hydrogen-bond acceptors (Lipinski definition) is 4. The van der Waals surface area contributed by atoms with Crippen molar-refractivity contribution >= 4 is 22.9 Å². The van der Waals surface area contributed by atoms with Crippen LogP contribution in [0.2, 0.25) is 0 Å². The van der Waals surface area contributed by atoms with Gasteiger partial charge in [-0.25, -0.2) is 0 Å². The van der Waals surface area contributed by atoms with E-state index in [1.54, 1.807) is 0 Å². The fraction of sp³-hybridized carbons (Fsp3) is 0.778. The molecule has 1 aliphatic rings. The van der Waals surface area contributed by atoms with Crippen LogP contribution < -0.4 is 21.3 Å². The predicted molar refractivity (Wildman–Crippen MR) is 67.6 cm³/mol. The Morgan fingerprint density at radius 3 is 2.44 bits per heavy atom. The topological polar surface area (TPSA) is 72.8 Å². The van der Waals surface area contributed by atoms with Crippen LogP contribution in [-0.2, 0) is 0 Å². The van der Waals surface area contributed by atoms with E-state index >= 15 is 0 Å². The van der Waals surface area contributed by atoms with Crippen molar-refractivity contribution in [1.82, 2.24) is 21.3 Å². The molecule has 92 valence electrons. The molecular weight excluding hydrogens is 228 g/mol. The van der Waals surface area contributed by atoms with E-state index in [4.69, 9.17) is 11.6 Å². The van der Waals surface area contributed by atoms with E-state index in [1.165, 1.54) is 0 Å². The Bertz CT molecular complexity index is 282. The predicted octanol–water partition coefficient (Wildman–Crippen LogP) is -0.0198. The van der Waals surface area contributed by atoms with Crippen molar-refractivity contribution in [2.45, 2.75) is 26.7 Å². The maximum atomic E-state index is 5.94. The number of amidine groups is 1. The summed E-state index contributed by atoms with van der Waals surface area (Å²) in [5.41, 5.74) is 0. The maximum Gasteiger partial charge on any atom is 0.249 e. The molecule has 0 radical (unpaired) electrons. The van der Waals surface area contributed by atoms with Crippen molar-refractivity contribution in [2.75, 3.05) is 19.6 Å². The van der Waals surface area contributed by atoms with E-state index in [0.29, 0.717) is 17.8 Å². The van der Waals surface area contributed by atoms with Gasteiger partial charge in [0.25, 0.3) is 0 Å². The Kier molecular flexibility index (Phi) is 4.98. The van der Waals surface area contributed by atoms with Gasteiger partial charge in [-0.2, -0.15) is 4.99 Å². The van der Waals surface area contributed by atoms with Crippen molar-refractivity contribution < 1.29 is 0 Å².